The van der Waals surface area contributed by atoms with Crippen LogP contribution in [-0.4, -0.2) is 72.3 Å². The molecule has 2 aromatic heterocycles. The highest BCUT2D eigenvalue weighted by Gasteiger charge is 2.46. The summed E-state index contributed by atoms with van der Waals surface area (Å²) < 4.78 is 47.4. The van der Waals surface area contributed by atoms with Crippen molar-refractivity contribution in [2.75, 3.05) is 57.5 Å². The highest BCUT2D eigenvalue weighted by molar-refractivity contribution is 6.34. The molecule has 0 amide bonds. The fourth-order valence-electron chi connectivity index (χ4n) is 4.45. The molecule has 3 N–H and O–H groups in total. The van der Waals surface area contributed by atoms with Crippen molar-refractivity contribution < 1.29 is 17.9 Å². The Labute approximate surface area is 211 Å². The Bertz CT molecular complexity index is 1290. The molecule has 2 fully saturated rings. The first-order chi connectivity index (χ1) is 17.1. The predicted molar refractivity (Wildman–Crippen MR) is 133 cm³/mol. The standard InChI is InChI=1S/C24H27ClF3N7O/c1-34(2)23(5-6-23)13-36-22-31-18-12-14(20-16(24(26,27)28)3-4-19(29)32-20)17(25)11-15(18)21(33-22)35-9-7-30-8-10-35/h3-4,11-12,30H,5-10,13H2,1-2H3,(H2,29,32). The number of nitrogens with two attached hydrogens (primary N) is 1. The van der Waals surface area contributed by atoms with Crippen LogP contribution in [0, 0.1) is 0 Å². The second-order valence-corrected chi connectivity index (χ2v) is 9.86. The number of fused-ring (bicyclic) bond motifs is 1. The fraction of sp³-hybridized carbons (Fsp3) is 0.458. The number of likely N-dealkylation sites (N-methyl/N-ethyl adjacent to an activating group) is 1. The third-order valence-corrected chi connectivity index (χ3v) is 7.20. The van der Waals surface area contributed by atoms with E-state index in [1.807, 2.05) is 14.1 Å². The number of pyridine rings is 1. The van der Waals surface area contributed by atoms with Crippen molar-refractivity contribution in [2.45, 2.75) is 24.6 Å². The SMILES string of the molecule is CN(C)C1(COc2nc(N3CCNCC3)c3cc(Cl)c(-c4nc(N)ccc4C(F)(F)F)cc3n2)CC1. The number of anilines is 2. The topological polar surface area (TPSA) is 92.4 Å². The van der Waals surface area contributed by atoms with Crippen molar-refractivity contribution in [3.05, 3.63) is 34.9 Å². The number of nitrogens with one attached hydrogen (secondary N) is 1. The minimum atomic E-state index is -4.63. The number of halogens is 4. The second-order valence-electron chi connectivity index (χ2n) is 9.45. The first-order valence-electron chi connectivity index (χ1n) is 11.7. The molecule has 5 rings (SSSR count). The summed E-state index contributed by atoms with van der Waals surface area (Å²) in [6.07, 6.45) is -2.61. The van der Waals surface area contributed by atoms with E-state index < -0.39 is 11.7 Å². The maximum absolute atomic E-state index is 13.8. The van der Waals surface area contributed by atoms with Gasteiger partial charge in [-0.3, -0.25) is 0 Å². The van der Waals surface area contributed by atoms with Crippen LogP contribution in [0.25, 0.3) is 22.2 Å². The molecule has 1 aliphatic heterocycles. The Morgan fingerprint density at radius 1 is 1.14 bits per heavy atom. The smallest absolute Gasteiger partial charge is 0.418 e. The number of benzene rings is 1. The Kier molecular flexibility index (Phi) is 6.34. The van der Waals surface area contributed by atoms with E-state index in [0.29, 0.717) is 36.4 Å². The van der Waals surface area contributed by atoms with Gasteiger partial charge in [-0.2, -0.15) is 23.1 Å². The minimum absolute atomic E-state index is 0.0409. The summed E-state index contributed by atoms with van der Waals surface area (Å²) in [6.45, 7) is 3.39. The normalized spacial score (nSPS) is 17.6. The first kappa shape index (κ1) is 24.8. The Morgan fingerprint density at radius 3 is 2.50 bits per heavy atom. The van der Waals surface area contributed by atoms with Gasteiger partial charge in [-0.05, 0) is 51.2 Å². The van der Waals surface area contributed by atoms with E-state index in [2.05, 4.69) is 25.1 Å². The van der Waals surface area contributed by atoms with Crippen LogP contribution >= 0.6 is 11.6 Å². The fourth-order valence-corrected chi connectivity index (χ4v) is 4.70. The van der Waals surface area contributed by atoms with Gasteiger partial charge in [-0.15, -0.1) is 0 Å². The van der Waals surface area contributed by atoms with Crippen LogP contribution in [0.3, 0.4) is 0 Å². The van der Waals surface area contributed by atoms with Gasteiger partial charge in [0.2, 0.25) is 0 Å². The van der Waals surface area contributed by atoms with Gasteiger partial charge in [0.25, 0.3) is 0 Å². The van der Waals surface area contributed by atoms with Crippen LogP contribution in [0.1, 0.15) is 18.4 Å². The number of nitrogen functional groups attached to an aromatic ring is 1. The summed E-state index contributed by atoms with van der Waals surface area (Å²) in [5.74, 6) is 0.594. The molecule has 1 aromatic carbocycles. The van der Waals surface area contributed by atoms with Crippen molar-refractivity contribution in [3.63, 3.8) is 0 Å². The van der Waals surface area contributed by atoms with Gasteiger partial charge in [0.15, 0.2) is 0 Å². The lowest BCUT2D eigenvalue weighted by Crippen LogP contribution is -2.44. The van der Waals surface area contributed by atoms with Gasteiger partial charge in [-0.25, -0.2) is 4.98 Å². The van der Waals surface area contributed by atoms with Crippen LogP contribution in [0.15, 0.2) is 24.3 Å². The van der Waals surface area contributed by atoms with Crippen LogP contribution < -0.4 is 20.7 Å². The zero-order valence-electron chi connectivity index (χ0n) is 20.0. The lowest BCUT2D eigenvalue weighted by atomic mass is 10.0. The first-order valence-corrected chi connectivity index (χ1v) is 12.1. The molecule has 0 radical (unpaired) electrons. The summed E-state index contributed by atoms with van der Waals surface area (Å²) in [6, 6.07) is 5.31. The Morgan fingerprint density at radius 2 is 1.86 bits per heavy atom. The summed E-state index contributed by atoms with van der Waals surface area (Å²) in [5.41, 5.74) is 4.93. The number of alkyl halides is 3. The number of piperazine rings is 1. The van der Waals surface area contributed by atoms with E-state index in [1.54, 1.807) is 6.07 Å². The number of rotatable bonds is 6. The lowest BCUT2D eigenvalue weighted by Gasteiger charge is -2.30. The van der Waals surface area contributed by atoms with E-state index in [-0.39, 0.29) is 33.6 Å². The molecule has 12 heteroatoms. The van der Waals surface area contributed by atoms with E-state index in [9.17, 15) is 13.2 Å². The van der Waals surface area contributed by atoms with Gasteiger partial charge < -0.3 is 25.6 Å². The molecule has 3 aromatic rings. The number of aromatic nitrogens is 3. The van der Waals surface area contributed by atoms with Gasteiger partial charge in [0, 0.05) is 37.1 Å². The van der Waals surface area contributed by atoms with Crippen LogP contribution in [0.2, 0.25) is 5.02 Å². The molecule has 0 atom stereocenters. The van der Waals surface area contributed by atoms with E-state index >= 15 is 0 Å². The Hall–Kier alpha value is -2.89. The average Bonchev–Trinajstić information content (AvgIpc) is 3.63. The van der Waals surface area contributed by atoms with Crippen molar-refractivity contribution in [3.8, 4) is 17.3 Å². The van der Waals surface area contributed by atoms with E-state index in [1.165, 1.54) is 6.07 Å². The highest BCUT2D eigenvalue weighted by Crippen LogP contribution is 2.42. The average molecular weight is 522 g/mol. The van der Waals surface area contributed by atoms with Crippen molar-refractivity contribution in [2.24, 2.45) is 0 Å². The summed E-state index contributed by atoms with van der Waals surface area (Å²) >= 11 is 6.56. The zero-order valence-corrected chi connectivity index (χ0v) is 20.7. The molecule has 192 valence electrons. The van der Waals surface area contributed by atoms with Crippen LogP contribution in [-0.2, 0) is 6.18 Å². The molecule has 0 unspecified atom stereocenters. The molecular weight excluding hydrogens is 495 g/mol. The lowest BCUT2D eigenvalue weighted by molar-refractivity contribution is -0.137. The quantitative estimate of drug-likeness (QED) is 0.506. The number of ether oxygens (including phenoxy) is 1. The molecule has 0 spiro atoms. The molecular formula is C24H27ClF3N7O. The maximum Gasteiger partial charge on any atom is 0.418 e. The molecule has 8 nitrogen and oxygen atoms in total. The van der Waals surface area contributed by atoms with E-state index in [0.717, 1.165) is 38.1 Å². The number of hydrogen-bond donors (Lipinski definition) is 2. The van der Waals surface area contributed by atoms with E-state index in [4.69, 9.17) is 27.1 Å². The number of hydrogen-bond acceptors (Lipinski definition) is 8. The summed E-state index contributed by atoms with van der Waals surface area (Å²) in [4.78, 5) is 17.5. The van der Waals surface area contributed by atoms with Gasteiger partial charge in [-0.1, -0.05) is 11.6 Å². The second kappa shape index (κ2) is 9.20. The number of nitrogens with zero attached hydrogens (tertiary/aromatic N) is 5. The zero-order chi connectivity index (χ0) is 25.7. The third kappa shape index (κ3) is 4.74. The maximum atomic E-state index is 13.8. The monoisotopic (exact) mass is 521 g/mol. The minimum Gasteiger partial charge on any atom is -0.461 e. The van der Waals surface area contributed by atoms with Gasteiger partial charge in [0.1, 0.15) is 18.2 Å². The predicted octanol–water partition coefficient (Wildman–Crippen LogP) is 3.83. The Balaban J connectivity index is 1.63. The van der Waals surface area contributed by atoms with Crippen molar-refractivity contribution in [1.82, 2.24) is 25.2 Å². The van der Waals surface area contributed by atoms with Crippen molar-refractivity contribution >= 4 is 34.1 Å². The van der Waals surface area contributed by atoms with Crippen molar-refractivity contribution in [1.29, 1.82) is 0 Å². The van der Waals surface area contributed by atoms with Crippen LogP contribution in [0.5, 0.6) is 6.01 Å². The third-order valence-electron chi connectivity index (χ3n) is 6.88. The molecule has 36 heavy (non-hydrogen) atoms. The van der Waals surface area contributed by atoms with Gasteiger partial charge in [0.05, 0.1) is 27.3 Å². The molecule has 1 saturated heterocycles. The highest BCUT2D eigenvalue weighted by atomic mass is 35.5. The summed E-state index contributed by atoms with van der Waals surface area (Å²) in [5, 5.41) is 4.04. The molecule has 1 aliphatic carbocycles. The largest absolute Gasteiger partial charge is 0.461 e. The van der Waals surface area contributed by atoms with Gasteiger partial charge >= 0.3 is 12.2 Å². The van der Waals surface area contributed by atoms with Crippen LogP contribution in [0.4, 0.5) is 24.8 Å². The molecule has 0 bridgehead atoms. The summed E-state index contributed by atoms with van der Waals surface area (Å²) in [7, 11) is 4.02. The molecule has 2 aliphatic rings. The molecule has 1 saturated carbocycles. The molecule has 3 heterocycles.